The fourth-order valence-electron chi connectivity index (χ4n) is 1.58. The first kappa shape index (κ1) is 16.9. The third kappa shape index (κ3) is 4.06. The molecule has 116 valence electrons. The van der Waals surface area contributed by atoms with Crippen molar-refractivity contribution >= 4 is 46.7 Å². The van der Waals surface area contributed by atoms with Crippen LogP contribution in [0.1, 0.15) is 11.1 Å². The van der Waals surface area contributed by atoms with Gasteiger partial charge in [0, 0.05) is 5.56 Å². The highest BCUT2D eigenvalue weighted by atomic mass is 35.5. The Morgan fingerprint density at radius 3 is 2.41 bits per heavy atom. The summed E-state index contributed by atoms with van der Waals surface area (Å²) >= 11 is 17.6. The summed E-state index contributed by atoms with van der Waals surface area (Å²) in [6, 6.07) is 7.86. The summed E-state index contributed by atoms with van der Waals surface area (Å²) in [7, 11) is 0. The molecule has 0 unspecified atom stereocenters. The molecule has 0 fully saturated rings. The van der Waals surface area contributed by atoms with Crippen molar-refractivity contribution in [3.05, 3.63) is 62.6 Å². The predicted molar refractivity (Wildman–Crippen MR) is 84.1 cm³/mol. The average Bonchev–Trinajstić information content (AvgIpc) is 2.44. The first-order chi connectivity index (χ1) is 10.3. The maximum atomic E-state index is 12.6. The third-order valence-corrected chi connectivity index (χ3v) is 3.83. The predicted octanol–water partition coefficient (Wildman–Crippen LogP) is 6.11. The molecule has 0 heterocycles. The summed E-state index contributed by atoms with van der Waals surface area (Å²) in [5.74, 6) is 0. The van der Waals surface area contributed by atoms with E-state index in [4.69, 9.17) is 34.8 Å². The van der Waals surface area contributed by atoms with Crippen LogP contribution in [-0.4, -0.2) is 6.21 Å². The lowest BCUT2D eigenvalue weighted by molar-refractivity contribution is -0.137. The second-order valence-electron chi connectivity index (χ2n) is 4.21. The van der Waals surface area contributed by atoms with Gasteiger partial charge in [0.2, 0.25) is 0 Å². The maximum Gasteiger partial charge on any atom is 0.416 e. The topological polar surface area (TPSA) is 24.4 Å². The Hall–Kier alpha value is -1.43. The molecule has 22 heavy (non-hydrogen) atoms. The monoisotopic (exact) mass is 366 g/mol. The third-order valence-electron chi connectivity index (χ3n) is 2.66. The smallest absolute Gasteiger partial charge is 0.277 e. The molecule has 0 saturated carbocycles. The van der Waals surface area contributed by atoms with Gasteiger partial charge in [0.25, 0.3) is 0 Å². The highest BCUT2D eigenvalue weighted by Crippen LogP contribution is 2.33. The van der Waals surface area contributed by atoms with E-state index in [-0.39, 0.29) is 10.7 Å². The van der Waals surface area contributed by atoms with E-state index in [1.807, 2.05) is 0 Å². The molecule has 8 heteroatoms. The Balaban J connectivity index is 2.21. The zero-order valence-electron chi connectivity index (χ0n) is 10.8. The number of nitrogens with zero attached hydrogens (tertiary/aromatic N) is 1. The van der Waals surface area contributed by atoms with Crippen LogP contribution in [-0.2, 0) is 6.18 Å². The fraction of sp³-hybridized carbons (Fsp3) is 0.0714. The molecule has 2 aromatic rings. The number of hydrogen-bond donors (Lipinski definition) is 1. The summed E-state index contributed by atoms with van der Waals surface area (Å²) in [6.07, 6.45) is -3.12. The quantitative estimate of drug-likeness (QED) is 0.513. The van der Waals surface area contributed by atoms with Crippen LogP contribution in [0.5, 0.6) is 0 Å². The van der Waals surface area contributed by atoms with Crippen molar-refractivity contribution in [2.75, 3.05) is 5.43 Å². The molecule has 0 bridgehead atoms. The van der Waals surface area contributed by atoms with Gasteiger partial charge in [-0.15, -0.1) is 0 Å². The number of hydrogen-bond acceptors (Lipinski definition) is 2. The fourth-order valence-corrected chi connectivity index (χ4v) is 2.10. The summed E-state index contributed by atoms with van der Waals surface area (Å²) in [5, 5.41) is 4.59. The number of hydrazone groups is 1. The Kier molecular flexibility index (Phi) is 5.21. The van der Waals surface area contributed by atoms with Gasteiger partial charge in [-0.2, -0.15) is 18.3 Å². The Bertz CT molecular complexity index is 715. The number of nitrogens with one attached hydrogen (secondary N) is 1. The molecule has 0 aliphatic heterocycles. The van der Waals surface area contributed by atoms with Gasteiger partial charge in [-0.3, -0.25) is 5.43 Å². The molecule has 0 atom stereocenters. The Labute approximate surface area is 139 Å². The van der Waals surface area contributed by atoms with E-state index in [0.717, 1.165) is 18.2 Å². The Morgan fingerprint density at radius 2 is 1.73 bits per heavy atom. The minimum Gasteiger partial charge on any atom is -0.277 e. The molecule has 0 amide bonds. The van der Waals surface area contributed by atoms with E-state index in [2.05, 4.69) is 10.5 Å². The van der Waals surface area contributed by atoms with Crippen molar-refractivity contribution in [1.29, 1.82) is 0 Å². The van der Waals surface area contributed by atoms with Crippen molar-refractivity contribution in [2.45, 2.75) is 6.18 Å². The zero-order chi connectivity index (χ0) is 16.3. The van der Waals surface area contributed by atoms with E-state index in [1.165, 1.54) is 6.21 Å². The van der Waals surface area contributed by atoms with Crippen LogP contribution in [0.25, 0.3) is 0 Å². The van der Waals surface area contributed by atoms with Gasteiger partial charge in [0.15, 0.2) is 0 Å². The normalized spacial score (nSPS) is 11.9. The molecule has 0 spiro atoms. The second-order valence-corrected chi connectivity index (χ2v) is 5.40. The Morgan fingerprint density at radius 1 is 1.00 bits per heavy atom. The standard InChI is InChI=1S/C14H8Cl3F3N2/c15-10-5-4-9(14(18,19)20)6-12(10)22-21-7-8-2-1-3-11(16)13(8)17/h1-7,22H/b21-7-. The molecular weight excluding hydrogens is 360 g/mol. The van der Waals surface area contributed by atoms with Crippen LogP contribution in [0, 0.1) is 0 Å². The molecule has 0 saturated heterocycles. The van der Waals surface area contributed by atoms with Gasteiger partial charge < -0.3 is 0 Å². The van der Waals surface area contributed by atoms with E-state index in [9.17, 15) is 13.2 Å². The van der Waals surface area contributed by atoms with Gasteiger partial charge in [-0.05, 0) is 24.3 Å². The number of anilines is 1. The summed E-state index contributed by atoms with van der Waals surface area (Å²) in [6.45, 7) is 0. The van der Waals surface area contributed by atoms with E-state index in [1.54, 1.807) is 18.2 Å². The lowest BCUT2D eigenvalue weighted by Gasteiger charge is -2.09. The van der Waals surface area contributed by atoms with Crippen molar-refractivity contribution in [1.82, 2.24) is 0 Å². The lowest BCUT2D eigenvalue weighted by atomic mass is 10.2. The van der Waals surface area contributed by atoms with Gasteiger partial charge in [-0.1, -0.05) is 46.9 Å². The summed E-state index contributed by atoms with van der Waals surface area (Å²) in [5.41, 5.74) is 2.18. The zero-order valence-corrected chi connectivity index (χ0v) is 13.0. The SMILES string of the molecule is FC(F)(F)c1ccc(Cl)c(N/N=C\c2cccc(Cl)c2Cl)c1. The molecule has 0 aliphatic carbocycles. The van der Waals surface area contributed by atoms with E-state index < -0.39 is 11.7 Å². The molecule has 1 N–H and O–H groups in total. The number of alkyl halides is 3. The molecule has 2 aromatic carbocycles. The molecule has 2 rings (SSSR count). The summed E-state index contributed by atoms with van der Waals surface area (Å²) in [4.78, 5) is 0. The minimum absolute atomic E-state index is 0.0332. The largest absolute Gasteiger partial charge is 0.416 e. The van der Waals surface area contributed by atoms with Crippen LogP contribution in [0.15, 0.2) is 41.5 Å². The highest BCUT2D eigenvalue weighted by Gasteiger charge is 2.30. The maximum absolute atomic E-state index is 12.6. The second kappa shape index (κ2) is 6.77. The van der Waals surface area contributed by atoms with Gasteiger partial charge >= 0.3 is 6.18 Å². The highest BCUT2D eigenvalue weighted by molar-refractivity contribution is 6.43. The van der Waals surface area contributed by atoms with Crippen molar-refractivity contribution in [3.63, 3.8) is 0 Å². The van der Waals surface area contributed by atoms with Crippen molar-refractivity contribution < 1.29 is 13.2 Å². The van der Waals surface area contributed by atoms with Gasteiger partial charge in [-0.25, -0.2) is 0 Å². The first-order valence-corrected chi connectivity index (χ1v) is 7.02. The molecular formula is C14H8Cl3F3N2. The number of rotatable bonds is 3. The molecule has 0 aromatic heterocycles. The van der Waals surface area contributed by atoms with E-state index >= 15 is 0 Å². The van der Waals surface area contributed by atoms with Crippen molar-refractivity contribution in [2.24, 2.45) is 5.10 Å². The van der Waals surface area contributed by atoms with Gasteiger partial charge in [0.05, 0.1) is 32.5 Å². The first-order valence-electron chi connectivity index (χ1n) is 5.89. The van der Waals surface area contributed by atoms with E-state index in [0.29, 0.717) is 15.6 Å². The van der Waals surface area contributed by atoms with Crippen molar-refractivity contribution in [3.8, 4) is 0 Å². The minimum atomic E-state index is -4.46. The summed E-state index contributed by atoms with van der Waals surface area (Å²) < 4.78 is 37.9. The van der Waals surface area contributed by atoms with Gasteiger partial charge in [0.1, 0.15) is 0 Å². The van der Waals surface area contributed by atoms with Crippen LogP contribution < -0.4 is 5.43 Å². The number of benzene rings is 2. The average molecular weight is 368 g/mol. The lowest BCUT2D eigenvalue weighted by Crippen LogP contribution is -2.05. The van der Waals surface area contributed by atoms with Crippen LogP contribution >= 0.6 is 34.8 Å². The molecule has 2 nitrogen and oxygen atoms in total. The molecule has 0 radical (unpaired) electrons. The molecule has 0 aliphatic rings. The van der Waals surface area contributed by atoms with Crippen LogP contribution in [0.4, 0.5) is 18.9 Å². The van der Waals surface area contributed by atoms with Crippen LogP contribution in [0.3, 0.4) is 0 Å². The van der Waals surface area contributed by atoms with Crippen LogP contribution in [0.2, 0.25) is 15.1 Å². The number of halogens is 6.